The fraction of sp³-hybridized carbons (Fsp3) is 0.267. The van der Waals surface area contributed by atoms with Crippen LogP contribution in [0.3, 0.4) is 0 Å². The maximum atomic E-state index is 12.5. The summed E-state index contributed by atoms with van der Waals surface area (Å²) in [6.45, 7) is 9.43. The average molecular weight is 293 g/mol. The van der Waals surface area contributed by atoms with Crippen LogP contribution in [0.15, 0.2) is 54.5 Å². The molecule has 0 spiro atoms. The Hall–Kier alpha value is -1.88. The normalized spacial score (nSPS) is 10.8. The molecule has 0 aliphatic rings. The molecule has 0 aliphatic heterocycles. The van der Waals surface area contributed by atoms with Gasteiger partial charge in [0.2, 0.25) is 0 Å². The van der Waals surface area contributed by atoms with Crippen molar-refractivity contribution < 1.29 is 13.2 Å². The van der Waals surface area contributed by atoms with Crippen molar-refractivity contribution >= 4 is 15.7 Å². The third-order valence-electron chi connectivity index (χ3n) is 2.82. The Morgan fingerprint density at radius 3 is 2.25 bits per heavy atom. The standard InChI is InChI=1S/C15H19NO3S/c1-4-11-16(12-5-2)15(17)13-9-7-8-10-14(13)20(18,19)6-3/h4-5,7-10H,1-2,6,11-12H2,3H3. The van der Waals surface area contributed by atoms with Gasteiger partial charge in [-0.3, -0.25) is 4.79 Å². The zero-order valence-electron chi connectivity index (χ0n) is 11.6. The Morgan fingerprint density at radius 2 is 1.75 bits per heavy atom. The molecule has 5 heteroatoms. The van der Waals surface area contributed by atoms with Crippen molar-refractivity contribution in [3.05, 3.63) is 55.1 Å². The molecule has 0 unspecified atom stereocenters. The van der Waals surface area contributed by atoms with Crippen LogP contribution in [0.4, 0.5) is 0 Å². The Morgan fingerprint density at radius 1 is 1.20 bits per heavy atom. The summed E-state index contributed by atoms with van der Waals surface area (Å²) in [6, 6.07) is 6.27. The monoisotopic (exact) mass is 293 g/mol. The van der Waals surface area contributed by atoms with E-state index in [1.54, 1.807) is 31.2 Å². The van der Waals surface area contributed by atoms with Crippen molar-refractivity contribution in [3.63, 3.8) is 0 Å². The summed E-state index contributed by atoms with van der Waals surface area (Å²) in [6.07, 6.45) is 3.19. The molecule has 1 aromatic rings. The lowest BCUT2D eigenvalue weighted by atomic mass is 10.2. The second-order valence-corrected chi connectivity index (χ2v) is 6.43. The average Bonchev–Trinajstić information content (AvgIpc) is 2.46. The van der Waals surface area contributed by atoms with E-state index < -0.39 is 9.84 Å². The lowest BCUT2D eigenvalue weighted by Gasteiger charge is -2.20. The van der Waals surface area contributed by atoms with Crippen LogP contribution in [0, 0.1) is 0 Å². The quantitative estimate of drug-likeness (QED) is 0.725. The maximum absolute atomic E-state index is 12.5. The minimum absolute atomic E-state index is 0.0415. The Labute approximate surface area is 120 Å². The van der Waals surface area contributed by atoms with E-state index in [9.17, 15) is 13.2 Å². The van der Waals surface area contributed by atoms with Gasteiger partial charge < -0.3 is 4.90 Å². The van der Waals surface area contributed by atoms with Crippen LogP contribution in [-0.4, -0.2) is 38.1 Å². The molecule has 1 amide bonds. The zero-order valence-corrected chi connectivity index (χ0v) is 12.4. The molecule has 1 aromatic carbocycles. The molecule has 0 heterocycles. The van der Waals surface area contributed by atoms with Crippen molar-refractivity contribution in [2.75, 3.05) is 18.8 Å². The SMILES string of the molecule is C=CCN(CC=C)C(=O)c1ccccc1S(=O)(=O)CC. The highest BCUT2D eigenvalue weighted by molar-refractivity contribution is 7.91. The van der Waals surface area contributed by atoms with Crippen molar-refractivity contribution in [3.8, 4) is 0 Å². The number of sulfone groups is 1. The summed E-state index contributed by atoms with van der Waals surface area (Å²) in [5, 5.41) is 0. The maximum Gasteiger partial charge on any atom is 0.255 e. The highest BCUT2D eigenvalue weighted by Crippen LogP contribution is 2.19. The first-order chi connectivity index (χ1) is 9.47. The molecular weight excluding hydrogens is 274 g/mol. The van der Waals surface area contributed by atoms with Crippen LogP contribution in [0.5, 0.6) is 0 Å². The summed E-state index contributed by atoms with van der Waals surface area (Å²) in [7, 11) is -3.44. The van der Waals surface area contributed by atoms with E-state index in [-0.39, 0.29) is 22.1 Å². The summed E-state index contributed by atoms with van der Waals surface area (Å²) < 4.78 is 24.1. The highest BCUT2D eigenvalue weighted by atomic mass is 32.2. The molecule has 4 nitrogen and oxygen atoms in total. The van der Waals surface area contributed by atoms with Crippen LogP contribution in [0.1, 0.15) is 17.3 Å². The second-order valence-electron chi connectivity index (χ2n) is 4.19. The highest BCUT2D eigenvalue weighted by Gasteiger charge is 2.23. The van der Waals surface area contributed by atoms with Crippen molar-refractivity contribution in [1.29, 1.82) is 0 Å². The van der Waals surface area contributed by atoms with E-state index in [1.807, 2.05) is 0 Å². The van der Waals surface area contributed by atoms with Gasteiger partial charge in [0.05, 0.1) is 16.2 Å². The third-order valence-corrected chi connectivity index (χ3v) is 4.60. The molecule has 1 rings (SSSR count). The number of rotatable bonds is 7. The Kier molecular flexibility index (Phi) is 5.70. The molecular formula is C15H19NO3S. The van der Waals surface area contributed by atoms with E-state index >= 15 is 0 Å². The molecule has 0 aliphatic carbocycles. The second kappa shape index (κ2) is 7.05. The first-order valence-electron chi connectivity index (χ1n) is 6.30. The van der Waals surface area contributed by atoms with Gasteiger partial charge in [-0.05, 0) is 12.1 Å². The van der Waals surface area contributed by atoms with Gasteiger partial charge in [0.25, 0.3) is 5.91 Å². The summed E-state index contributed by atoms with van der Waals surface area (Å²) in [5.41, 5.74) is 0.193. The predicted octanol–water partition coefficient (Wildman–Crippen LogP) is 2.29. The van der Waals surface area contributed by atoms with Crippen LogP contribution in [0.2, 0.25) is 0 Å². The smallest absolute Gasteiger partial charge is 0.255 e. The minimum atomic E-state index is -3.44. The van der Waals surface area contributed by atoms with E-state index in [4.69, 9.17) is 0 Å². The predicted molar refractivity (Wildman–Crippen MR) is 80.5 cm³/mol. The minimum Gasteiger partial charge on any atom is -0.331 e. The molecule has 0 N–H and O–H groups in total. The van der Waals surface area contributed by atoms with E-state index in [1.165, 1.54) is 17.0 Å². The zero-order chi connectivity index (χ0) is 15.2. The lowest BCUT2D eigenvalue weighted by Crippen LogP contribution is -2.32. The first-order valence-corrected chi connectivity index (χ1v) is 7.96. The van der Waals surface area contributed by atoms with Crippen LogP contribution < -0.4 is 0 Å². The van der Waals surface area contributed by atoms with Crippen LogP contribution in [-0.2, 0) is 9.84 Å². The van der Waals surface area contributed by atoms with Crippen molar-refractivity contribution in [1.82, 2.24) is 4.90 Å². The van der Waals surface area contributed by atoms with Gasteiger partial charge >= 0.3 is 0 Å². The molecule has 20 heavy (non-hydrogen) atoms. The molecule has 0 saturated heterocycles. The number of hydrogen-bond donors (Lipinski definition) is 0. The van der Waals surface area contributed by atoms with Gasteiger partial charge in [0.15, 0.2) is 9.84 Å². The summed E-state index contributed by atoms with van der Waals surface area (Å²) >= 11 is 0. The molecule has 0 radical (unpaired) electrons. The van der Waals surface area contributed by atoms with Crippen molar-refractivity contribution in [2.45, 2.75) is 11.8 Å². The van der Waals surface area contributed by atoms with E-state index in [2.05, 4.69) is 13.2 Å². The number of nitrogens with zero attached hydrogens (tertiary/aromatic N) is 1. The fourth-order valence-electron chi connectivity index (χ4n) is 1.79. The Bertz CT molecular complexity index is 595. The van der Waals surface area contributed by atoms with E-state index in [0.29, 0.717) is 13.1 Å². The van der Waals surface area contributed by atoms with E-state index in [0.717, 1.165) is 0 Å². The molecule has 108 valence electrons. The third kappa shape index (κ3) is 3.57. The topological polar surface area (TPSA) is 54.5 Å². The molecule has 0 aromatic heterocycles. The number of benzene rings is 1. The molecule has 0 atom stereocenters. The van der Waals surface area contributed by atoms with Gasteiger partial charge in [-0.2, -0.15) is 0 Å². The summed E-state index contributed by atoms with van der Waals surface area (Å²) in [5.74, 6) is -0.377. The van der Waals surface area contributed by atoms with Crippen molar-refractivity contribution in [2.24, 2.45) is 0 Å². The fourth-order valence-corrected chi connectivity index (χ4v) is 2.88. The summed E-state index contributed by atoms with van der Waals surface area (Å²) in [4.78, 5) is 14.0. The van der Waals surface area contributed by atoms with Gasteiger partial charge in [-0.1, -0.05) is 31.2 Å². The Balaban J connectivity index is 3.28. The number of amides is 1. The van der Waals surface area contributed by atoms with Gasteiger partial charge in [-0.25, -0.2) is 8.42 Å². The number of carbonyl (C=O) groups excluding carboxylic acids is 1. The molecule has 0 fully saturated rings. The first kappa shape index (κ1) is 16.2. The van der Waals surface area contributed by atoms with Gasteiger partial charge in [0, 0.05) is 13.1 Å². The van der Waals surface area contributed by atoms with Crippen LogP contribution in [0.25, 0.3) is 0 Å². The number of carbonyl (C=O) groups is 1. The lowest BCUT2D eigenvalue weighted by molar-refractivity contribution is 0.0787. The molecule has 0 saturated carbocycles. The van der Waals surface area contributed by atoms with Crippen LogP contribution >= 0.6 is 0 Å². The largest absolute Gasteiger partial charge is 0.331 e. The molecule has 0 bridgehead atoms. The van der Waals surface area contributed by atoms with Gasteiger partial charge in [-0.15, -0.1) is 13.2 Å². The van der Waals surface area contributed by atoms with Gasteiger partial charge in [0.1, 0.15) is 0 Å². The number of hydrogen-bond acceptors (Lipinski definition) is 3.